The van der Waals surface area contributed by atoms with Crippen LogP contribution in [0.2, 0.25) is 5.02 Å². The Hall–Kier alpha value is -2.83. The normalized spacial score (nSPS) is 11.1. The molecule has 0 fully saturated rings. The number of nitrogens with zero attached hydrogens (tertiary/aromatic N) is 1. The van der Waals surface area contributed by atoms with E-state index < -0.39 is 0 Å². The number of carbonyl (C=O) groups is 2. The number of hydrogen-bond donors (Lipinski definition) is 3. The number of halogens is 1. The first-order valence-corrected chi connectivity index (χ1v) is 10.9. The number of hydrogen-bond acceptors (Lipinski definition) is 3. The lowest BCUT2D eigenvalue weighted by Gasteiger charge is -2.16. The van der Waals surface area contributed by atoms with Gasteiger partial charge in [0.25, 0.3) is 5.91 Å². The van der Waals surface area contributed by atoms with Gasteiger partial charge in [0.05, 0.1) is 0 Å². The van der Waals surface area contributed by atoms with Crippen LogP contribution in [0.5, 0.6) is 0 Å². The van der Waals surface area contributed by atoms with Gasteiger partial charge in [-0.25, -0.2) is 0 Å². The van der Waals surface area contributed by atoms with E-state index in [1.165, 1.54) is 12.5 Å². The van der Waals surface area contributed by atoms with Crippen molar-refractivity contribution in [3.8, 4) is 0 Å². The van der Waals surface area contributed by atoms with E-state index in [-0.39, 0.29) is 11.8 Å². The fraction of sp³-hybridized carbons (Fsp3) is 0.333. The average Bonchev–Trinajstić information content (AvgIpc) is 3.16. The average molecular weight is 441 g/mol. The fourth-order valence-corrected chi connectivity index (χ4v) is 3.58. The molecule has 0 aliphatic carbocycles. The molecule has 0 spiro atoms. The number of amides is 2. The standard InChI is InChI=1S/C24H29ClN4O2/c1-17(30)27-16-19-7-5-18(6-8-19)4-3-12-29(2)13-11-26-24(31)23-15-20-14-21(25)9-10-22(20)28-23/h5-10,14-15,28H,3-4,11-13,16H2,1-2H3,(H,26,31)(H,27,30). The van der Waals surface area contributed by atoms with Crippen LogP contribution in [0.4, 0.5) is 0 Å². The maximum atomic E-state index is 12.4. The van der Waals surface area contributed by atoms with E-state index in [2.05, 4.69) is 51.8 Å². The molecule has 0 aliphatic heterocycles. The lowest BCUT2D eigenvalue weighted by molar-refractivity contribution is -0.119. The Kier molecular flexibility index (Phi) is 8.09. The van der Waals surface area contributed by atoms with Gasteiger partial charge >= 0.3 is 0 Å². The highest BCUT2D eigenvalue weighted by atomic mass is 35.5. The second-order valence-corrected chi connectivity index (χ2v) is 8.24. The first kappa shape index (κ1) is 22.8. The minimum Gasteiger partial charge on any atom is -0.352 e. The van der Waals surface area contributed by atoms with Gasteiger partial charge in [-0.1, -0.05) is 35.9 Å². The molecule has 1 aromatic heterocycles. The zero-order chi connectivity index (χ0) is 22.2. The van der Waals surface area contributed by atoms with Crippen LogP contribution in [0.25, 0.3) is 10.9 Å². The Labute approximate surface area is 188 Å². The van der Waals surface area contributed by atoms with Crippen LogP contribution < -0.4 is 10.6 Å². The number of carbonyl (C=O) groups excluding carboxylic acids is 2. The predicted molar refractivity (Wildman–Crippen MR) is 125 cm³/mol. The minimum absolute atomic E-state index is 0.0189. The summed E-state index contributed by atoms with van der Waals surface area (Å²) in [7, 11) is 2.06. The van der Waals surface area contributed by atoms with Gasteiger partial charge in [-0.3, -0.25) is 9.59 Å². The number of likely N-dealkylation sites (N-methyl/N-ethyl adjacent to an activating group) is 1. The Morgan fingerprint density at radius 3 is 2.48 bits per heavy atom. The van der Waals surface area contributed by atoms with Crippen molar-refractivity contribution in [1.29, 1.82) is 0 Å². The number of aromatic amines is 1. The van der Waals surface area contributed by atoms with E-state index in [4.69, 9.17) is 11.6 Å². The van der Waals surface area contributed by atoms with Crippen molar-refractivity contribution in [2.45, 2.75) is 26.3 Å². The zero-order valence-electron chi connectivity index (χ0n) is 18.0. The Morgan fingerprint density at radius 1 is 1.00 bits per heavy atom. The summed E-state index contributed by atoms with van der Waals surface area (Å²) in [6.45, 7) is 4.41. The third kappa shape index (κ3) is 7.12. The highest BCUT2D eigenvalue weighted by Gasteiger charge is 2.09. The third-order valence-corrected chi connectivity index (χ3v) is 5.41. The molecule has 0 saturated carbocycles. The van der Waals surface area contributed by atoms with Crippen molar-refractivity contribution in [2.75, 3.05) is 26.7 Å². The Balaban J connectivity index is 1.34. The SMILES string of the molecule is CC(=O)NCc1ccc(CCCN(C)CCNC(=O)c2cc3cc(Cl)ccc3[nH]2)cc1. The molecule has 3 rings (SSSR count). The number of benzene rings is 2. The molecule has 0 saturated heterocycles. The number of fused-ring (bicyclic) bond motifs is 1. The second kappa shape index (κ2) is 11.0. The summed E-state index contributed by atoms with van der Waals surface area (Å²) in [4.78, 5) is 28.7. The zero-order valence-corrected chi connectivity index (χ0v) is 18.8. The monoisotopic (exact) mass is 440 g/mol. The number of H-pyrrole nitrogens is 1. The molecule has 0 aliphatic rings. The van der Waals surface area contributed by atoms with Crippen molar-refractivity contribution in [3.63, 3.8) is 0 Å². The van der Waals surface area contributed by atoms with Crippen LogP contribution in [0.15, 0.2) is 48.5 Å². The van der Waals surface area contributed by atoms with Crippen molar-refractivity contribution < 1.29 is 9.59 Å². The summed E-state index contributed by atoms with van der Waals surface area (Å²) in [5.41, 5.74) is 3.83. The fourth-order valence-electron chi connectivity index (χ4n) is 3.40. The minimum atomic E-state index is -0.111. The van der Waals surface area contributed by atoms with Crippen LogP contribution in [-0.2, 0) is 17.8 Å². The summed E-state index contributed by atoms with van der Waals surface area (Å²) in [6.07, 6.45) is 2.03. The smallest absolute Gasteiger partial charge is 0.267 e. The van der Waals surface area contributed by atoms with E-state index in [1.807, 2.05) is 18.2 Å². The molecule has 3 aromatic rings. The number of nitrogens with one attached hydrogen (secondary N) is 3. The molecule has 31 heavy (non-hydrogen) atoms. The summed E-state index contributed by atoms with van der Waals surface area (Å²) in [6, 6.07) is 15.7. The van der Waals surface area contributed by atoms with Crippen molar-refractivity contribution in [2.24, 2.45) is 0 Å². The molecule has 164 valence electrons. The van der Waals surface area contributed by atoms with Gasteiger partial charge in [0.15, 0.2) is 0 Å². The third-order valence-electron chi connectivity index (χ3n) is 5.18. The molecule has 2 amide bonds. The summed E-state index contributed by atoms with van der Waals surface area (Å²) < 4.78 is 0. The van der Waals surface area contributed by atoms with Gasteiger partial charge < -0.3 is 20.5 Å². The molecular formula is C24H29ClN4O2. The molecule has 7 heteroatoms. The van der Waals surface area contributed by atoms with Gasteiger partial charge in [0, 0.05) is 42.5 Å². The maximum absolute atomic E-state index is 12.4. The largest absolute Gasteiger partial charge is 0.352 e. The molecule has 2 aromatic carbocycles. The highest BCUT2D eigenvalue weighted by Crippen LogP contribution is 2.20. The molecule has 3 N–H and O–H groups in total. The van der Waals surface area contributed by atoms with Crippen LogP contribution in [-0.4, -0.2) is 48.4 Å². The number of rotatable bonds is 10. The van der Waals surface area contributed by atoms with Crippen molar-refractivity contribution in [3.05, 3.63) is 70.4 Å². The summed E-state index contributed by atoms with van der Waals surface area (Å²) in [5.74, 6) is -0.130. The van der Waals surface area contributed by atoms with E-state index >= 15 is 0 Å². The molecular weight excluding hydrogens is 412 g/mol. The van der Waals surface area contributed by atoms with E-state index in [0.717, 1.165) is 42.4 Å². The van der Waals surface area contributed by atoms with Gasteiger partial charge in [0.2, 0.25) is 5.91 Å². The lowest BCUT2D eigenvalue weighted by Crippen LogP contribution is -2.33. The van der Waals surface area contributed by atoms with Gasteiger partial charge in [-0.15, -0.1) is 0 Å². The molecule has 6 nitrogen and oxygen atoms in total. The van der Waals surface area contributed by atoms with Gasteiger partial charge in [-0.05, 0) is 61.8 Å². The van der Waals surface area contributed by atoms with Crippen molar-refractivity contribution >= 4 is 34.3 Å². The molecule has 0 unspecified atom stereocenters. The number of aromatic nitrogens is 1. The quantitative estimate of drug-likeness (QED) is 0.449. The summed E-state index contributed by atoms with van der Waals surface area (Å²) >= 11 is 6.00. The second-order valence-electron chi connectivity index (χ2n) is 7.80. The molecule has 1 heterocycles. The summed E-state index contributed by atoms with van der Waals surface area (Å²) in [5, 5.41) is 7.35. The lowest BCUT2D eigenvalue weighted by atomic mass is 10.1. The topological polar surface area (TPSA) is 77.2 Å². The highest BCUT2D eigenvalue weighted by molar-refractivity contribution is 6.31. The maximum Gasteiger partial charge on any atom is 0.267 e. The van der Waals surface area contributed by atoms with Gasteiger partial charge in [0.1, 0.15) is 5.69 Å². The van der Waals surface area contributed by atoms with E-state index in [1.54, 1.807) is 6.07 Å². The first-order valence-electron chi connectivity index (χ1n) is 10.5. The van der Waals surface area contributed by atoms with E-state index in [9.17, 15) is 9.59 Å². The van der Waals surface area contributed by atoms with Crippen LogP contribution in [0, 0.1) is 0 Å². The van der Waals surface area contributed by atoms with Crippen LogP contribution >= 0.6 is 11.6 Å². The molecule has 0 radical (unpaired) electrons. The first-order chi connectivity index (χ1) is 14.9. The predicted octanol–water partition coefficient (Wildman–Crippen LogP) is 3.75. The van der Waals surface area contributed by atoms with E-state index in [0.29, 0.717) is 23.8 Å². The van der Waals surface area contributed by atoms with Crippen LogP contribution in [0.3, 0.4) is 0 Å². The van der Waals surface area contributed by atoms with Crippen LogP contribution in [0.1, 0.15) is 35.0 Å². The molecule has 0 atom stereocenters. The van der Waals surface area contributed by atoms with Crippen molar-refractivity contribution in [1.82, 2.24) is 20.5 Å². The number of aryl methyl sites for hydroxylation is 1. The van der Waals surface area contributed by atoms with Gasteiger partial charge in [-0.2, -0.15) is 0 Å². The molecule has 0 bridgehead atoms. The Bertz CT molecular complexity index is 1030. The Morgan fingerprint density at radius 2 is 1.74 bits per heavy atom.